The Morgan fingerprint density at radius 1 is 0.539 bits per heavy atom. The summed E-state index contributed by atoms with van der Waals surface area (Å²) < 4.78 is 0. The highest BCUT2D eigenvalue weighted by atomic mass is 16.2. The van der Waals surface area contributed by atoms with Gasteiger partial charge < -0.3 is 93.0 Å². The van der Waals surface area contributed by atoms with Gasteiger partial charge in [0, 0.05) is 71.4 Å². The first-order valence-corrected chi connectivity index (χ1v) is 25.6. The molecule has 76 heavy (non-hydrogen) atoms. The number of fused-ring (bicyclic) bond motifs is 1. The number of unbranched alkanes of at least 4 members (excludes halogenated alkanes) is 4. The van der Waals surface area contributed by atoms with Gasteiger partial charge in [0.2, 0.25) is 41.4 Å². The summed E-state index contributed by atoms with van der Waals surface area (Å²) in [6, 6.07) is -4.11. The van der Waals surface area contributed by atoms with Crippen molar-refractivity contribution in [3.63, 3.8) is 0 Å². The van der Waals surface area contributed by atoms with Crippen molar-refractivity contribution in [1.29, 1.82) is 0 Å². The minimum Gasteiger partial charge on any atom is -0.370 e. The molecule has 2 aromatic rings. The number of piperazine rings is 1. The zero-order valence-corrected chi connectivity index (χ0v) is 43.5. The van der Waals surface area contributed by atoms with Gasteiger partial charge in [-0.2, -0.15) is 0 Å². The lowest BCUT2D eigenvalue weighted by atomic mass is 10.0. The average Bonchev–Trinajstić information content (AvgIpc) is 3.86. The number of rotatable bonds is 35. The summed E-state index contributed by atoms with van der Waals surface area (Å²) in [6.45, 7) is 4.48. The number of nitrogens with zero attached hydrogens (tertiary/aromatic N) is 8. The van der Waals surface area contributed by atoms with E-state index in [1.165, 1.54) is 13.3 Å². The third kappa shape index (κ3) is 23.8. The van der Waals surface area contributed by atoms with Crippen LogP contribution in [0, 0.1) is 0 Å². The first-order chi connectivity index (χ1) is 36.2. The lowest BCUT2D eigenvalue weighted by molar-refractivity contribution is -0.135. The number of amides is 7. The quantitative estimate of drug-likeness (QED) is 0.0176. The van der Waals surface area contributed by atoms with Crippen molar-refractivity contribution in [3.8, 4) is 0 Å². The fraction of sp³-hybridized carbons (Fsp3) is 0.630. The lowest BCUT2D eigenvalue weighted by Crippen LogP contribution is -2.59. The molecule has 3 rings (SSSR count). The molecule has 24 N–H and O–H groups in total. The molecule has 0 aromatic carbocycles. The van der Waals surface area contributed by atoms with Crippen LogP contribution in [0.3, 0.4) is 0 Å². The summed E-state index contributed by atoms with van der Waals surface area (Å²) in [5, 5.41) is 14.2. The number of aromatic nitrogens is 3. The Balaban J connectivity index is 1.58. The molecule has 30 nitrogen and oxygen atoms in total. The third-order valence-corrected chi connectivity index (χ3v) is 12.2. The van der Waals surface area contributed by atoms with Crippen molar-refractivity contribution >= 4 is 82.0 Å². The van der Waals surface area contributed by atoms with E-state index in [-0.39, 0.29) is 120 Å². The normalized spacial score (nSPS) is 14.1. The lowest BCUT2D eigenvalue weighted by Gasteiger charge is -2.35. The molecule has 0 unspecified atom stereocenters. The molecule has 0 bridgehead atoms. The average molecular weight is 1070 g/mol. The zero-order chi connectivity index (χ0) is 56.0. The molecular weight excluding hydrogens is 987 g/mol. The van der Waals surface area contributed by atoms with Gasteiger partial charge >= 0.3 is 0 Å². The second-order valence-electron chi connectivity index (χ2n) is 18.3. The summed E-state index contributed by atoms with van der Waals surface area (Å²) in [7, 11) is 0. The topological polar surface area (TPSA) is 511 Å². The van der Waals surface area contributed by atoms with Crippen molar-refractivity contribution in [1.82, 2.24) is 46.4 Å². The van der Waals surface area contributed by atoms with Gasteiger partial charge in [-0.15, -0.1) is 0 Å². The molecular formula is C46H81N23O7. The number of guanidine groups is 4. The number of nitrogens with one attached hydrogen (secondary N) is 6. The monoisotopic (exact) mass is 1070 g/mol. The van der Waals surface area contributed by atoms with Crippen molar-refractivity contribution in [2.75, 3.05) is 57.3 Å². The molecule has 1 saturated heterocycles. The highest BCUT2D eigenvalue weighted by molar-refractivity contribution is 5.96. The van der Waals surface area contributed by atoms with Gasteiger partial charge in [0.15, 0.2) is 23.8 Å². The van der Waals surface area contributed by atoms with Gasteiger partial charge in [0.1, 0.15) is 48.0 Å². The van der Waals surface area contributed by atoms with Crippen LogP contribution in [0.4, 0.5) is 5.82 Å². The van der Waals surface area contributed by atoms with E-state index in [4.69, 9.17) is 51.6 Å². The van der Waals surface area contributed by atoms with Gasteiger partial charge in [-0.25, -0.2) is 9.97 Å². The van der Waals surface area contributed by atoms with E-state index in [1.54, 1.807) is 0 Å². The summed E-state index contributed by atoms with van der Waals surface area (Å²) in [5.74, 6) is -3.98. The maximum atomic E-state index is 14.1. The maximum absolute atomic E-state index is 14.1. The van der Waals surface area contributed by atoms with E-state index < -0.39 is 59.7 Å². The Morgan fingerprint density at radius 2 is 0.961 bits per heavy atom. The van der Waals surface area contributed by atoms with Crippen LogP contribution in [0.2, 0.25) is 0 Å². The number of primary amides is 1. The highest BCUT2D eigenvalue weighted by Crippen LogP contribution is 2.23. The van der Waals surface area contributed by atoms with Crippen LogP contribution in [0.1, 0.15) is 103 Å². The predicted octanol–water partition coefficient (Wildman–Crippen LogP) is -4.52. The number of H-pyrrole nitrogens is 1. The third-order valence-electron chi connectivity index (χ3n) is 12.2. The first kappa shape index (κ1) is 62.1. The minimum absolute atomic E-state index is 0.00866. The first-order valence-electron chi connectivity index (χ1n) is 25.6. The molecule has 0 spiro atoms. The SMILES string of the molecule is C[C@@H](NC(=O)CCCCCCCC(=O)N1CCN(c2ncnc3[nH]ccc23)CC1)C(=O)N[C@H](CCCN=C(N)N)C(=O)N[C@H](CCCN=C(N)N)C(=O)N[C@H](CCCN=C(N)N)C(=O)N[C@H](CCCN=C(N)N)C(N)=O. The number of aromatic amines is 1. The molecule has 0 radical (unpaired) electrons. The maximum Gasteiger partial charge on any atom is 0.243 e. The van der Waals surface area contributed by atoms with Gasteiger partial charge in [-0.3, -0.25) is 53.5 Å². The summed E-state index contributed by atoms with van der Waals surface area (Å²) >= 11 is 0. The fourth-order valence-corrected chi connectivity index (χ4v) is 8.13. The molecule has 7 amide bonds. The molecule has 3 heterocycles. The van der Waals surface area contributed by atoms with Crippen LogP contribution in [-0.2, 0) is 33.6 Å². The van der Waals surface area contributed by atoms with Gasteiger partial charge in [0.05, 0.1) is 5.39 Å². The predicted molar refractivity (Wildman–Crippen MR) is 289 cm³/mol. The molecule has 422 valence electrons. The summed E-state index contributed by atoms with van der Waals surface area (Å²) in [5.41, 5.74) is 50.1. The van der Waals surface area contributed by atoms with Crippen LogP contribution in [0.15, 0.2) is 38.6 Å². The molecule has 1 fully saturated rings. The second-order valence-corrected chi connectivity index (χ2v) is 18.3. The van der Waals surface area contributed by atoms with E-state index >= 15 is 0 Å². The number of aliphatic imine (C=N–C) groups is 4. The standard InChI is InChI=1S/C46H81N23O7/c1-28(63-34(70)15-5-3-2-4-6-16-35(71)68-23-25-69(26-24-68)38-29-17-22-56-37(29)61-27-62-38)39(73)65-31(12-8-19-58-44(50)51)41(75)67-33(14-10-21-60-46(54)55)42(76)66-32(13-9-20-59-45(52)53)40(74)64-30(36(47)72)11-7-18-57-43(48)49/h17,22,27-28,30-33H,2-16,18-21,23-26H2,1H3,(H2,47,72)(H,63,70)(H,64,74)(H,65,73)(H,66,76)(H,67,75)(H4,48,49,57)(H4,50,51,58)(H4,52,53,59)(H4,54,55,60)(H,56,61,62)/t28-,30-,31-,32-,33-/m1/s1. The van der Waals surface area contributed by atoms with Gasteiger partial charge in [-0.05, 0) is 77.2 Å². The molecule has 1 aliphatic heterocycles. The van der Waals surface area contributed by atoms with Gasteiger partial charge in [0.25, 0.3) is 0 Å². The second kappa shape index (κ2) is 33.6. The van der Waals surface area contributed by atoms with Crippen molar-refractivity contribution in [2.45, 2.75) is 133 Å². The number of hydrogen-bond acceptors (Lipinski definition) is 14. The van der Waals surface area contributed by atoms with Crippen LogP contribution in [0.25, 0.3) is 11.0 Å². The summed E-state index contributed by atoms with van der Waals surface area (Å²) in [4.78, 5) is 125. The molecule has 1 aliphatic rings. The van der Waals surface area contributed by atoms with Gasteiger partial charge in [-0.1, -0.05) is 19.3 Å². The van der Waals surface area contributed by atoms with Crippen molar-refractivity contribution < 1.29 is 33.6 Å². The van der Waals surface area contributed by atoms with Crippen LogP contribution in [-0.4, -0.2) is 168 Å². The Bertz CT molecular complexity index is 2320. The van der Waals surface area contributed by atoms with E-state index in [1.807, 2.05) is 17.2 Å². The van der Waals surface area contributed by atoms with E-state index in [9.17, 15) is 33.6 Å². The summed E-state index contributed by atoms with van der Waals surface area (Å²) in [6.07, 6.45) is 8.55. The smallest absolute Gasteiger partial charge is 0.243 e. The van der Waals surface area contributed by atoms with Crippen molar-refractivity contribution in [2.24, 2.45) is 71.6 Å². The molecule has 30 heteroatoms. The zero-order valence-electron chi connectivity index (χ0n) is 43.5. The Labute approximate surface area is 441 Å². The van der Waals surface area contributed by atoms with Crippen LogP contribution in [0.5, 0.6) is 0 Å². The van der Waals surface area contributed by atoms with Crippen LogP contribution >= 0.6 is 0 Å². The number of carbonyl (C=O) groups is 7. The van der Waals surface area contributed by atoms with E-state index in [0.29, 0.717) is 39.0 Å². The molecule has 0 saturated carbocycles. The number of carbonyl (C=O) groups excluding carboxylic acids is 7. The molecule has 0 aliphatic carbocycles. The highest BCUT2D eigenvalue weighted by Gasteiger charge is 2.32. The number of nitrogens with two attached hydrogens (primary N) is 9. The minimum atomic E-state index is -1.31. The number of hydrogen-bond donors (Lipinski definition) is 15. The Hall–Kier alpha value is -8.21. The fourth-order valence-electron chi connectivity index (χ4n) is 8.13. The molecule has 2 aromatic heterocycles. The molecule has 5 atom stereocenters. The van der Waals surface area contributed by atoms with Crippen molar-refractivity contribution in [3.05, 3.63) is 18.6 Å². The largest absolute Gasteiger partial charge is 0.370 e. The van der Waals surface area contributed by atoms with E-state index in [0.717, 1.165) is 42.5 Å². The van der Waals surface area contributed by atoms with E-state index in [2.05, 4.69) is 66.4 Å². The number of anilines is 1. The Morgan fingerprint density at radius 3 is 1.42 bits per heavy atom. The van der Waals surface area contributed by atoms with Crippen LogP contribution < -0.4 is 83.1 Å². The Kier molecular flexibility index (Phi) is 27.4.